The minimum absolute atomic E-state index is 0.121. The van der Waals surface area contributed by atoms with Gasteiger partial charge in [-0.05, 0) is 67.1 Å². The van der Waals surface area contributed by atoms with E-state index in [9.17, 15) is 9.59 Å². The number of thioether (sulfide) groups is 1. The van der Waals surface area contributed by atoms with E-state index in [4.69, 9.17) is 19.2 Å². The number of benzene rings is 3. The lowest BCUT2D eigenvalue weighted by molar-refractivity contribution is -0.145. The molecule has 8 heteroatoms. The molecule has 1 aliphatic heterocycles. The van der Waals surface area contributed by atoms with Gasteiger partial charge in [0.25, 0.3) is 5.91 Å². The molecule has 37 heavy (non-hydrogen) atoms. The van der Waals surface area contributed by atoms with Crippen molar-refractivity contribution in [2.24, 2.45) is 4.99 Å². The van der Waals surface area contributed by atoms with Crippen LogP contribution in [0.2, 0.25) is 0 Å². The molecule has 0 saturated carbocycles. The number of para-hydroxylation sites is 1. The third-order valence-electron chi connectivity index (χ3n) is 5.27. The maximum atomic E-state index is 13.5. The number of aliphatic imine (C=N–C) groups is 1. The summed E-state index contributed by atoms with van der Waals surface area (Å²) in [5.41, 5.74) is 2.56. The number of carbonyl (C=O) groups excluding carboxylic acids is 2. The van der Waals surface area contributed by atoms with Gasteiger partial charge in [-0.1, -0.05) is 54.6 Å². The molecule has 0 aromatic heterocycles. The van der Waals surface area contributed by atoms with E-state index < -0.39 is 5.97 Å². The van der Waals surface area contributed by atoms with Crippen molar-refractivity contribution in [2.45, 2.75) is 20.4 Å². The number of esters is 1. The zero-order valence-corrected chi connectivity index (χ0v) is 21.6. The van der Waals surface area contributed by atoms with Crippen LogP contribution in [0.15, 0.2) is 88.8 Å². The van der Waals surface area contributed by atoms with Gasteiger partial charge in [0.2, 0.25) is 0 Å². The number of hydrogen-bond donors (Lipinski definition) is 0. The second-order valence-corrected chi connectivity index (χ2v) is 8.96. The standard InChI is InChI=1S/C29H28N2O5S/c1-3-34-25-17-22(15-16-24(25)36-20-27(32)35-4-2)18-26-28(33)31(19-21-11-7-5-8-12-21)29(37-26)30-23-13-9-6-10-14-23/h5-18H,3-4,19-20H2,1-2H3/b26-18+,30-29?. The van der Waals surface area contributed by atoms with E-state index in [0.717, 1.165) is 16.8 Å². The molecular formula is C29H28N2O5S. The predicted octanol–water partition coefficient (Wildman–Crippen LogP) is 5.83. The topological polar surface area (TPSA) is 77.4 Å². The van der Waals surface area contributed by atoms with Gasteiger partial charge in [0, 0.05) is 0 Å². The quantitative estimate of drug-likeness (QED) is 0.249. The SMILES string of the molecule is CCOC(=O)COc1ccc(/C=C2/SC(=Nc3ccccc3)N(Cc3ccccc3)C2=O)cc1OCC. The molecule has 4 rings (SSSR count). The largest absolute Gasteiger partial charge is 0.490 e. The molecule has 0 unspecified atom stereocenters. The van der Waals surface area contributed by atoms with E-state index in [0.29, 0.717) is 34.7 Å². The Morgan fingerprint density at radius 2 is 1.65 bits per heavy atom. The molecule has 1 heterocycles. The summed E-state index contributed by atoms with van der Waals surface area (Å²) in [6, 6.07) is 24.7. The maximum Gasteiger partial charge on any atom is 0.344 e. The minimum Gasteiger partial charge on any atom is -0.490 e. The second-order valence-electron chi connectivity index (χ2n) is 7.95. The second kappa shape index (κ2) is 12.8. The number of amidine groups is 1. The average Bonchev–Trinajstić information content (AvgIpc) is 3.18. The van der Waals surface area contributed by atoms with E-state index in [-0.39, 0.29) is 19.1 Å². The van der Waals surface area contributed by atoms with Gasteiger partial charge in [0.05, 0.1) is 30.4 Å². The van der Waals surface area contributed by atoms with Gasteiger partial charge < -0.3 is 14.2 Å². The summed E-state index contributed by atoms with van der Waals surface area (Å²) >= 11 is 1.33. The smallest absolute Gasteiger partial charge is 0.344 e. The third kappa shape index (κ3) is 7.01. The first-order valence-corrected chi connectivity index (χ1v) is 12.8. The normalized spacial score (nSPS) is 15.3. The Balaban J connectivity index is 1.61. The van der Waals surface area contributed by atoms with Crippen LogP contribution in [0.25, 0.3) is 6.08 Å². The van der Waals surface area contributed by atoms with E-state index in [1.807, 2.05) is 79.7 Å². The van der Waals surface area contributed by atoms with Crippen LogP contribution >= 0.6 is 11.8 Å². The fraction of sp³-hybridized carbons (Fsp3) is 0.207. The minimum atomic E-state index is -0.451. The zero-order valence-electron chi connectivity index (χ0n) is 20.8. The van der Waals surface area contributed by atoms with Gasteiger partial charge in [-0.3, -0.25) is 9.69 Å². The van der Waals surface area contributed by atoms with Crippen molar-refractivity contribution in [2.75, 3.05) is 19.8 Å². The molecule has 0 bridgehead atoms. The van der Waals surface area contributed by atoms with E-state index in [2.05, 4.69) is 0 Å². The number of rotatable bonds is 10. The van der Waals surface area contributed by atoms with Gasteiger partial charge in [0.15, 0.2) is 23.3 Å². The molecule has 0 radical (unpaired) electrons. The Bertz CT molecular complexity index is 1290. The van der Waals surface area contributed by atoms with Crippen LogP contribution in [0.4, 0.5) is 5.69 Å². The Morgan fingerprint density at radius 1 is 0.919 bits per heavy atom. The van der Waals surface area contributed by atoms with Crippen molar-refractivity contribution in [3.63, 3.8) is 0 Å². The predicted molar refractivity (Wildman–Crippen MR) is 146 cm³/mol. The molecule has 3 aromatic rings. The van der Waals surface area contributed by atoms with E-state index in [1.54, 1.807) is 24.0 Å². The molecule has 1 saturated heterocycles. The molecule has 0 atom stereocenters. The highest BCUT2D eigenvalue weighted by Gasteiger charge is 2.33. The highest BCUT2D eigenvalue weighted by atomic mass is 32.2. The number of carbonyl (C=O) groups is 2. The van der Waals surface area contributed by atoms with Gasteiger partial charge in [-0.25, -0.2) is 9.79 Å². The van der Waals surface area contributed by atoms with Gasteiger partial charge >= 0.3 is 5.97 Å². The van der Waals surface area contributed by atoms with E-state index in [1.165, 1.54) is 11.8 Å². The lowest BCUT2D eigenvalue weighted by Gasteiger charge is -2.15. The van der Waals surface area contributed by atoms with Crippen LogP contribution in [0.1, 0.15) is 25.0 Å². The maximum absolute atomic E-state index is 13.5. The summed E-state index contributed by atoms with van der Waals surface area (Å²) in [6.07, 6.45) is 1.82. The van der Waals surface area contributed by atoms with Gasteiger partial charge in [0.1, 0.15) is 0 Å². The fourth-order valence-corrected chi connectivity index (χ4v) is 4.60. The summed E-state index contributed by atoms with van der Waals surface area (Å²) in [7, 11) is 0. The number of amides is 1. The summed E-state index contributed by atoms with van der Waals surface area (Å²) < 4.78 is 16.2. The summed E-state index contributed by atoms with van der Waals surface area (Å²) in [5.74, 6) is 0.340. The Kier molecular flexibility index (Phi) is 8.99. The van der Waals surface area contributed by atoms with Crippen LogP contribution in [-0.2, 0) is 20.9 Å². The van der Waals surface area contributed by atoms with Crippen LogP contribution in [0.3, 0.4) is 0 Å². The number of hydrogen-bond acceptors (Lipinski definition) is 7. The molecule has 3 aromatic carbocycles. The highest BCUT2D eigenvalue weighted by molar-refractivity contribution is 8.18. The first-order chi connectivity index (χ1) is 18.1. The Morgan fingerprint density at radius 3 is 2.35 bits per heavy atom. The van der Waals surface area contributed by atoms with E-state index >= 15 is 0 Å². The van der Waals surface area contributed by atoms with Crippen LogP contribution in [-0.4, -0.2) is 41.8 Å². The molecule has 1 amide bonds. The molecule has 1 aliphatic rings. The van der Waals surface area contributed by atoms with Crippen LogP contribution in [0.5, 0.6) is 11.5 Å². The molecule has 0 aliphatic carbocycles. The Hall–Kier alpha value is -4.04. The lowest BCUT2D eigenvalue weighted by Crippen LogP contribution is -2.28. The molecule has 0 spiro atoms. The van der Waals surface area contributed by atoms with Crippen LogP contribution < -0.4 is 9.47 Å². The van der Waals surface area contributed by atoms with Crippen molar-refractivity contribution < 1.29 is 23.8 Å². The molecular weight excluding hydrogens is 488 g/mol. The zero-order chi connectivity index (χ0) is 26.0. The highest BCUT2D eigenvalue weighted by Crippen LogP contribution is 2.36. The van der Waals surface area contributed by atoms with Crippen molar-refractivity contribution in [3.8, 4) is 11.5 Å². The van der Waals surface area contributed by atoms with Gasteiger partial charge in [-0.2, -0.15) is 0 Å². The van der Waals surface area contributed by atoms with Gasteiger partial charge in [-0.15, -0.1) is 0 Å². The van der Waals surface area contributed by atoms with Crippen molar-refractivity contribution in [1.82, 2.24) is 4.90 Å². The monoisotopic (exact) mass is 516 g/mol. The Labute approximate surface area is 220 Å². The van der Waals surface area contributed by atoms with Crippen molar-refractivity contribution in [1.29, 1.82) is 0 Å². The summed E-state index contributed by atoms with van der Waals surface area (Å²) in [5, 5.41) is 0.616. The number of ether oxygens (including phenoxy) is 3. The molecule has 0 N–H and O–H groups in total. The summed E-state index contributed by atoms with van der Waals surface area (Å²) in [6.45, 7) is 4.52. The molecule has 190 valence electrons. The number of nitrogens with zero attached hydrogens (tertiary/aromatic N) is 2. The van der Waals surface area contributed by atoms with Crippen molar-refractivity contribution in [3.05, 3.63) is 94.9 Å². The fourth-order valence-electron chi connectivity index (χ4n) is 3.60. The molecule has 7 nitrogen and oxygen atoms in total. The lowest BCUT2D eigenvalue weighted by atomic mass is 10.1. The summed E-state index contributed by atoms with van der Waals surface area (Å²) in [4.78, 5) is 32.2. The molecule has 1 fully saturated rings. The first-order valence-electron chi connectivity index (χ1n) is 12.0. The third-order valence-corrected chi connectivity index (χ3v) is 6.28. The van der Waals surface area contributed by atoms with Crippen molar-refractivity contribution >= 4 is 40.6 Å². The first kappa shape index (κ1) is 26.0. The van der Waals surface area contributed by atoms with Crippen LogP contribution in [0, 0.1) is 0 Å². The average molecular weight is 517 g/mol.